The number of hydrogen-bond acceptors (Lipinski definition) is 5. The summed E-state index contributed by atoms with van der Waals surface area (Å²) in [6, 6.07) is 2.00. The summed E-state index contributed by atoms with van der Waals surface area (Å²) in [6.45, 7) is 2.71. The minimum absolute atomic E-state index is 0.742. The highest BCUT2D eigenvalue weighted by Gasteiger charge is 2.04. The molecule has 0 spiro atoms. The summed E-state index contributed by atoms with van der Waals surface area (Å²) in [4.78, 5) is 8.39. The van der Waals surface area contributed by atoms with Crippen LogP contribution < -0.4 is 5.32 Å². The van der Waals surface area contributed by atoms with Crippen molar-refractivity contribution >= 4 is 11.3 Å². The molecule has 0 fully saturated rings. The third-order valence-electron chi connectivity index (χ3n) is 2.63. The summed E-state index contributed by atoms with van der Waals surface area (Å²) in [5.74, 6) is 1.69. The maximum absolute atomic E-state index is 4.34. The number of aromatic amines is 1. The molecule has 0 amide bonds. The number of nitrogens with one attached hydrogen (secondary N) is 2. The van der Waals surface area contributed by atoms with Crippen molar-refractivity contribution in [1.29, 1.82) is 0 Å². The molecule has 0 bridgehead atoms. The number of anilines is 1. The number of fused-ring (bicyclic) bond motifs is 1. The molecule has 92 valence electrons. The van der Waals surface area contributed by atoms with E-state index in [2.05, 4.69) is 30.6 Å². The molecule has 0 atom stereocenters. The SMILES string of the molecule is Cc1cc2c(NCCc3ncn[nH]3)nccn2n1. The Balaban J connectivity index is 1.74. The van der Waals surface area contributed by atoms with Crippen LogP contribution in [0.4, 0.5) is 5.82 Å². The smallest absolute Gasteiger partial charge is 0.152 e. The second-order valence-electron chi connectivity index (χ2n) is 4.00. The van der Waals surface area contributed by atoms with Gasteiger partial charge >= 0.3 is 0 Å². The Morgan fingerprint density at radius 2 is 2.33 bits per heavy atom. The number of rotatable bonds is 4. The summed E-state index contributed by atoms with van der Waals surface area (Å²) in [5.41, 5.74) is 1.95. The van der Waals surface area contributed by atoms with Gasteiger partial charge in [0.25, 0.3) is 0 Å². The molecule has 3 rings (SSSR count). The molecule has 3 heterocycles. The van der Waals surface area contributed by atoms with Gasteiger partial charge in [-0.3, -0.25) is 5.10 Å². The number of H-pyrrole nitrogens is 1. The Morgan fingerprint density at radius 1 is 1.39 bits per heavy atom. The zero-order valence-corrected chi connectivity index (χ0v) is 9.96. The van der Waals surface area contributed by atoms with Crippen LogP contribution in [0, 0.1) is 6.92 Å². The lowest BCUT2D eigenvalue weighted by Gasteiger charge is -2.05. The van der Waals surface area contributed by atoms with Crippen molar-refractivity contribution in [3.05, 3.63) is 36.3 Å². The van der Waals surface area contributed by atoms with Crippen LogP contribution in [0.5, 0.6) is 0 Å². The van der Waals surface area contributed by atoms with Gasteiger partial charge in [-0.15, -0.1) is 0 Å². The Kier molecular flexibility index (Phi) is 2.64. The highest BCUT2D eigenvalue weighted by molar-refractivity contribution is 5.67. The van der Waals surface area contributed by atoms with E-state index in [9.17, 15) is 0 Å². The maximum Gasteiger partial charge on any atom is 0.152 e. The maximum atomic E-state index is 4.34. The van der Waals surface area contributed by atoms with E-state index < -0.39 is 0 Å². The van der Waals surface area contributed by atoms with Crippen molar-refractivity contribution < 1.29 is 0 Å². The molecule has 18 heavy (non-hydrogen) atoms. The first-order chi connectivity index (χ1) is 8.83. The van der Waals surface area contributed by atoms with Gasteiger partial charge < -0.3 is 5.32 Å². The van der Waals surface area contributed by atoms with Gasteiger partial charge in [-0.25, -0.2) is 14.5 Å². The van der Waals surface area contributed by atoms with Crippen molar-refractivity contribution in [2.24, 2.45) is 0 Å². The van der Waals surface area contributed by atoms with Crippen LogP contribution in [0.1, 0.15) is 11.5 Å². The fourth-order valence-corrected chi connectivity index (χ4v) is 1.83. The van der Waals surface area contributed by atoms with Crippen LogP contribution in [0.15, 0.2) is 24.8 Å². The molecule has 2 N–H and O–H groups in total. The molecule has 0 radical (unpaired) electrons. The van der Waals surface area contributed by atoms with E-state index in [0.717, 1.165) is 35.8 Å². The van der Waals surface area contributed by atoms with E-state index in [1.807, 2.05) is 23.7 Å². The van der Waals surface area contributed by atoms with Crippen molar-refractivity contribution in [3.63, 3.8) is 0 Å². The lowest BCUT2D eigenvalue weighted by atomic mass is 10.3. The normalized spacial score (nSPS) is 10.9. The topological polar surface area (TPSA) is 83.8 Å². The van der Waals surface area contributed by atoms with Crippen molar-refractivity contribution in [3.8, 4) is 0 Å². The average molecular weight is 243 g/mol. The number of nitrogens with zero attached hydrogens (tertiary/aromatic N) is 5. The molecule has 7 nitrogen and oxygen atoms in total. The van der Waals surface area contributed by atoms with Crippen molar-refractivity contribution in [2.75, 3.05) is 11.9 Å². The molecule has 0 unspecified atom stereocenters. The van der Waals surface area contributed by atoms with Gasteiger partial charge in [-0.1, -0.05) is 0 Å². The van der Waals surface area contributed by atoms with E-state index >= 15 is 0 Å². The number of hydrogen-bond donors (Lipinski definition) is 2. The monoisotopic (exact) mass is 243 g/mol. The first-order valence-electron chi connectivity index (χ1n) is 5.72. The largest absolute Gasteiger partial charge is 0.368 e. The zero-order valence-electron chi connectivity index (χ0n) is 9.96. The second-order valence-corrected chi connectivity index (χ2v) is 4.00. The molecule has 7 heteroatoms. The molecule has 0 aliphatic carbocycles. The van der Waals surface area contributed by atoms with Crippen LogP contribution in [-0.2, 0) is 6.42 Å². The van der Waals surface area contributed by atoms with Crippen LogP contribution in [-0.4, -0.2) is 36.3 Å². The molecular weight excluding hydrogens is 230 g/mol. The molecule has 0 aliphatic rings. The highest BCUT2D eigenvalue weighted by Crippen LogP contribution is 2.14. The molecule has 0 aromatic carbocycles. The van der Waals surface area contributed by atoms with Gasteiger partial charge in [0.15, 0.2) is 5.82 Å². The third kappa shape index (κ3) is 2.02. The lowest BCUT2D eigenvalue weighted by molar-refractivity contribution is 0.889. The first kappa shape index (κ1) is 10.7. The molecule has 0 saturated carbocycles. The van der Waals surface area contributed by atoms with E-state index in [1.54, 1.807) is 6.20 Å². The minimum Gasteiger partial charge on any atom is -0.368 e. The molecule has 3 aromatic rings. The summed E-state index contributed by atoms with van der Waals surface area (Å²) in [7, 11) is 0. The fourth-order valence-electron chi connectivity index (χ4n) is 1.83. The Bertz CT molecular complexity index is 641. The Labute approximate surface area is 103 Å². The minimum atomic E-state index is 0.742. The fraction of sp³-hybridized carbons (Fsp3) is 0.273. The zero-order chi connectivity index (χ0) is 12.4. The van der Waals surface area contributed by atoms with Crippen molar-refractivity contribution in [2.45, 2.75) is 13.3 Å². The molecular formula is C11H13N7. The summed E-state index contributed by atoms with van der Waals surface area (Å²) in [6.07, 6.45) is 5.85. The Morgan fingerprint density at radius 3 is 3.17 bits per heavy atom. The van der Waals surface area contributed by atoms with Gasteiger partial charge in [0, 0.05) is 25.4 Å². The quantitative estimate of drug-likeness (QED) is 0.708. The van der Waals surface area contributed by atoms with Gasteiger partial charge in [0.1, 0.15) is 17.7 Å². The summed E-state index contributed by atoms with van der Waals surface area (Å²) >= 11 is 0. The van der Waals surface area contributed by atoms with Crippen molar-refractivity contribution in [1.82, 2.24) is 29.8 Å². The second kappa shape index (κ2) is 4.44. The van der Waals surface area contributed by atoms with Crippen LogP contribution >= 0.6 is 0 Å². The predicted molar refractivity (Wildman–Crippen MR) is 66.3 cm³/mol. The van der Waals surface area contributed by atoms with Gasteiger partial charge in [-0.05, 0) is 13.0 Å². The van der Waals surface area contributed by atoms with Gasteiger partial charge in [-0.2, -0.15) is 10.2 Å². The average Bonchev–Trinajstić information content (AvgIpc) is 2.97. The van der Waals surface area contributed by atoms with Gasteiger partial charge in [0.2, 0.25) is 0 Å². The highest BCUT2D eigenvalue weighted by atomic mass is 15.2. The van der Waals surface area contributed by atoms with E-state index in [1.165, 1.54) is 6.33 Å². The van der Waals surface area contributed by atoms with E-state index in [-0.39, 0.29) is 0 Å². The van der Waals surface area contributed by atoms with E-state index in [4.69, 9.17) is 0 Å². The summed E-state index contributed by atoms with van der Waals surface area (Å²) in [5, 5.41) is 14.3. The number of aromatic nitrogens is 6. The number of aryl methyl sites for hydroxylation is 1. The first-order valence-corrected chi connectivity index (χ1v) is 5.72. The van der Waals surface area contributed by atoms with Crippen LogP contribution in [0.25, 0.3) is 5.52 Å². The molecule has 0 aliphatic heterocycles. The molecule has 3 aromatic heterocycles. The standard InChI is InChI=1S/C11H13N7/c1-8-6-9-11(13-4-5-18(9)17-8)12-3-2-10-14-7-15-16-10/h4-7H,2-3H2,1H3,(H,12,13)(H,14,15,16). The summed E-state index contributed by atoms with van der Waals surface area (Å²) < 4.78 is 1.82. The lowest BCUT2D eigenvalue weighted by Crippen LogP contribution is -2.08. The van der Waals surface area contributed by atoms with Crippen LogP contribution in [0.3, 0.4) is 0 Å². The van der Waals surface area contributed by atoms with Gasteiger partial charge in [0.05, 0.1) is 5.69 Å². The Hall–Kier alpha value is -2.44. The third-order valence-corrected chi connectivity index (χ3v) is 2.63. The van der Waals surface area contributed by atoms with E-state index in [0.29, 0.717) is 0 Å². The molecule has 0 saturated heterocycles. The van der Waals surface area contributed by atoms with Crippen LogP contribution in [0.2, 0.25) is 0 Å². The predicted octanol–water partition coefficient (Wildman–Crippen LogP) is 0.810.